The molecule has 14 heavy (non-hydrogen) atoms. The van der Waals surface area contributed by atoms with E-state index < -0.39 is 0 Å². The molecular formula is C13H21Zr. The Morgan fingerprint density at radius 1 is 1.14 bits per heavy atom. The predicted octanol–water partition coefficient (Wildman–Crippen LogP) is 4.50. The van der Waals surface area contributed by atoms with Gasteiger partial charge in [-0.2, -0.15) is 0 Å². The van der Waals surface area contributed by atoms with Gasteiger partial charge in [-0.25, -0.2) is 0 Å². The second-order valence-electron chi connectivity index (χ2n) is 4.13. The Labute approximate surface area is 104 Å². The van der Waals surface area contributed by atoms with Crippen LogP contribution in [-0.4, -0.2) is 0 Å². The van der Waals surface area contributed by atoms with Crippen molar-refractivity contribution in [2.24, 2.45) is 0 Å². The molecule has 0 saturated carbocycles. The van der Waals surface area contributed by atoms with Crippen LogP contribution >= 0.6 is 0 Å². The number of unbranched alkanes of at least 4 members (excludes halogenated alkanes) is 5. The predicted molar refractivity (Wildman–Crippen MR) is 58.8 cm³/mol. The maximum atomic E-state index is 2.34. The molecule has 0 bridgehead atoms. The Morgan fingerprint density at radius 3 is 2.50 bits per heavy atom. The van der Waals surface area contributed by atoms with E-state index in [1.54, 1.807) is 33.6 Å². The second kappa shape index (κ2) is 7.63. The fraction of sp³-hybridized carbons (Fsp3) is 0.692. The number of hydrogen-bond acceptors (Lipinski definition) is 0. The van der Waals surface area contributed by atoms with Crippen molar-refractivity contribution in [3.8, 4) is 0 Å². The first-order valence-electron chi connectivity index (χ1n) is 5.94. The van der Waals surface area contributed by atoms with Crippen LogP contribution in [0.15, 0.2) is 21.0 Å². The van der Waals surface area contributed by atoms with Gasteiger partial charge in [0.05, 0.1) is 0 Å². The molecule has 0 radical (unpaired) electrons. The topological polar surface area (TPSA) is 0 Å². The minimum absolute atomic E-state index is 1.24. The standard InChI is InChI=1S/C13H21.Zr/c1-2-3-4-5-6-7-10-13-11-8-9-12-13;/h8,11H,2-7,9-10H2,1H3;. The Balaban J connectivity index is 1.99. The Kier molecular flexibility index (Phi) is 6.77. The summed E-state index contributed by atoms with van der Waals surface area (Å²) < 4.78 is 1.69. The fourth-order valence-corrected chi connectivity index (χ4v) is 2.68. The van der Waals surface area contributed by atoms with Crippen molar-refractivity contribution in [1.29, 1.82) is 0 Å². The first kappa shape index (κ1) is 12.4. The van der Waals surface area contributed by atoms with Gasteiger partial charge in [-0.1, -0.05) is 0 Å². The van der Waals surface area contributed by atoms with E-state index in [1.165, 1.54) is 51.4 Å². The van der Waals surface area contributed by atoms with E-state index in [1.807, 2.05) is 0 Å². The van der Waals surface area contributed by atoms with E-state index in [-0.39, 0.29) is 0 Å². The fourth-order valence-electron chi connectivity index (χ4n) is 1.88. The van der Waals surface area contributed by atoms with Crippen LogP contribution in [0.1, 0.15) is 58.3 Å². The minimum atomic E-state index is 1.24. The molecule has 1 aliphatic carbocycles. The van der Waals surface area contributed by atoms with E-state index in [0.717, 1.165) is 0 Å². The molecule has 0 atom stereocenters. The van der Waals surface area contributed by atoms with Crippen LogP contribution < -0.4 is 0 Å². The summed E-state index contributed by atoms with van der Waals surface area (Å²) in [5.74, 6) is 0. The van der Waals surface area contributed by atoms with Gasteiger partial charge < -0.3 is 0 Å². The van der Waals surface area contributed by atoms with Gasteiger partial charge in [-0.05, 0) is 0 Å². The van der Waals surface area contributed by atoms with Crippen LogP contribution in [-0.2, 0) is 24.7 Å². The van der Waals surface area contributed by atoms with Crippen LogP contribution in [0, 0.1) is 0 Å². The third-order valence-electron chi connectivity index (χ3n) is 2.83. The van der Waals surface area contributed by atoms with Gasteiger partial charge >= 0.3 is 104 Å². The van der Waals surface area contributed by atoms with Crippen molar-refractivity contribution in [2.75, 3.05) is 0 Å². The van der Waals surface area contributed by atoms with Gasteiger partial charge in [-0.3, -0.25) is 0 Å². The molecule has 0 saturated heterocycles. The van der Waals surface area contributed by atoms with Crippen molar-refractivity contribution in [3.05, 3.63) is 21.0 Å². The molecule has 1 aliphatic rings. The zero-order chi connectivity index (χ0) is 10.2. The molecule has 0 N–H and O–H groups in total. The van der Waals surface area contributed by atoms with E-state index in [9.17, 15) is 0 Å². The monoisotopic (exact) mass is 267 g/mol. The number of rotatable bonds is 7. The van der Waals surface area contributed by atoms with E-state index in [4.69, 9.17) is 0 Å². The summed E-state index contributed by atoms with van der Waals surface area (Å²) in [4.78, 5) is 0. The Hall–Kier alpha value is 0.363. The summed E-state index contributed by atoms with van der Waals surface area (Å²) >= 11 is 1.62. The van der Waals surface area contributed by atoms with Gasteiger partial charge in [0, 0.05) is 0 Å². The van der Waals surface area contributed by atoms with E-state index in [2.05, 4.69) is 19.1 Å². The normalized spacial score (nSPS) is 15.4. The van der Waals surface area contributed by atoms with Gasteiger partial charge in [0.15, 0.2) is 0 Å². The summed E-state index contributed by atoms with van der Waals surface area (Å²) in [6.45, 7) is 2.28. The van der Waals surface area contributed by atoms with Crippen molar-refractivity contribution in [2.45, 2.75) is 58.3 Å². The summed E-state index contributed by atoms with van der Waals surface area (Å²) in [5.41, 5.74) is 1.65. The summed E-state index contributed by atoms with van der Waals surface area (Å²) in [7, 11) is 0. The summed E-state index contributed by atoms with van der Waals surface area (Å²) in [5, 5.41) is 0. The molecule has 0 amide bonds. The summed E-state index contributed by atoms with van der Waals surface area (Å²) in [6.07, 6.45) is 15.7. The van der Waals surface area contributed by atoms with Crippen molar-refractivity contribution in [3.63, 3.8) is 0 Å². The average molecular weight is 269 g/mol. The molecule has 77 valence electrons. The molecule has 0 fully saturated rings. The molecular weight excluding hydrogens is 247 g/mol. The van der Waals surface area contributed by atoms with Crippen molar-refractivity contribution >= 4 is 0 Å². The van der Waals surface area contributed by atoms with Gasteiger partial charge in [-0.15, -0.1) is 0 Å². The molecule has 0 aromatic heterocycles. The molecule has 0 aliphatic heterocycles. The molecule has 0 nitrogen and oxygen atoms in total. The maximum absolute atomic E-state index is 2.34. The SMILES string of the molecule is CCCCCCCCC1=[C]([Zr])CC=C1. The zero-order valence-electron chi connectivity index (χ0n) is 9.31. The van der Waals surface area contributed by atoms with E-state index in [0.29, 0.717) is 0 Å². The molecule has 0 spiro atoms. The van der Waals surface area contributed by atoms with Crippen LogP contribution in [0.2, 0.25) is 0 Å². The Morgan fingerprint density at radius 2 is 1.86 bits per heavy atom. The third-order valence-corrected chi connectivity index (χ3v) is 4.12. The van der Waals surface area contributed by atoms with E-state index >= 15 is 0 Å². The van der Waals surface area contributed by atoms with Gasteiger partial charge in [0.2, 0.25) is 0 Å². The molecule has 1 rings (SSSR count). The molecule has 1 heteroatoms. The first-order chi connectivity index (χ1) is 6.84. The quantitative estimate of drug-likeness (QED) is 0.597. The van der Waals surface area contributed by atoms with Crippen molar-refractivity contribution < 1.29 is 24.7 Å². The average Bonchev–Trinajstić information content (AvgIpc) is 2.58. The summed E-state index contributed by atoms with van der Waals surface area (Å²) in [6, 6.07) is 0. The second-order valence-corrected chi connectivity index (χ2v) is 5.61. The molecule has 0 aromatic carbocycles. The molecule has 0 heterocycles. The molecule has 0 aromatic rings. The van der Waals surface area contributed by atoms with Crippen LogP contribution in [0.4, 0.5) is 0 Å². The van der Waals surface area contributed by atoms with Gasteiger partial charge in [0.1, 0.15) is 0 Å². The van der Waals surface area contributed by atoms with Crippen molar-refractivity contribution in [1.82, 2.24) is 0 Å². The van der Waals surface area contributed by atoms with Crippen LogP contribution in [0.3, 0.4) is 0 Å². The van der Waals surface area contributed by atoms with Crippen LogP contribution in [0.25, 0.3) is 0 Å². The third kappa shape index (κ3) is 4.73. The number of allylic oxidation sites excluding steroid dienone is 4. The molecule has 0 unspecified atom stereocenters. The Bertz CT molecular complexity index is 213. The first-order valence-corrected chi connectivity index (χ1v) is 7.17. The zero-order valence-corrected chi connectivity index (χ0v) is 11.8. The number of hydrogen-bond donors (Lipinski definition) is 0. The van der Waals surface area contributed by atoms with Crippen LogP contribution in [0.5, 0.6) is 0 Å². The van der Waals surface area contributed by atoms with Gasteiger partial charge in [0.25, 0.3) is 0 Å².